The molecule has 0 amide bonds. The van der Waals surface area contributed by atoms with E-state index in [-0.39, 0.29) is 43.2 Å². The minimum Gasteiger partial charge on any atom is -0.466 e. The lowest BCUT2D eigenvalue weighted by Crippen LogP contribution is -2.25. The number of rotatable bonds is 25. The van der Waals surface area contributed by atoms with Crippen molar-refractivity contribution in [2.75, 3.05) is 19.8 Å². The van der Waals surface area contributed by atoms with Crippen molar-refractivity contribution in [3.63, 3.8) is 0 Å². The van der Waals surface area contributed by atoms with Crippen LogP contribution in [-0.2, 0) is 38.1 Å². The summed E-state index contributed by atoms with van der Waals surface area (Å²) in [5.41, 5.74) is 0. The van der Waals surface area contributed by atoms with E-state index in [1.165, 1.54) is 0 Å². The zero-order chi connectivity index (χ0) is 28.4. The molecule has 0 fully saturated rings. The van der Waals surface area contributed by atoms with Crippen LogP contribution in [0.3, 0.4) is 0 Å². The van der Waals surface area contributed by atoms with E-state index >= 15 is 0 Å². The number of hydrogen-bond donors (Lipinski definition) is 1. The highest BCUT2D eigenvalue weighted by Crippen LogP contribution is 2.13. The number of aliphatic hydroxyl groups excluding tert-OH is 1. The SMILES string of the molecule is CCC(=O)OCC(CCCCCCCCOC(=O)CCCCCCCC(CO)OC(=O)CC)OC(=O)CC. The topological polar surface area (TPSA) is 125 Å². The minimum absolute atomic E-state index is 0.118. The Bertz CT molecular complexity index is 636. The molecule has 0 aliphatic heterocycles. The van der Waals surface area contributed by atoms with E-state index in [1.807, 2.05) is 0 Å². The van der Waals surface area contributed by atoms with Crippen LogP contribution in [0.4, 0.5) is 0 Å². The zero-order valence-corrected chi connectivity index (χ0v) is 24.0. The summed E-state index contributed by atoms with van der Waals surface area (Å²) in [5.74, 6) is -1.00. The van der Waals surface area contributed by atoms with Crippen molar-refractivity contribution in [2.45, 2.75) is 142 Å². The first-order valence-electron chi connectivity index (χ1n) is 14.7. The molecule has 9 nitrogen and oxygen atoms in total. The third kappa shape index (κ3) is 21.9. The Hall–Kier alpha value is -2.16. The van der Waals surface area contributed by atoms with Gasteiger partial charge in [0.15, 0.2) is 0 Å². The van der Waals surface area contributed by atoms with E-state index in [1.54, 1.807) is 20.8 Å². The fourth-order valence-corrected chi connectivity index (χ4v) is 3.80. The van der Waals surface area contributed by atoms with Gasteiger partial charge in [-0.15, -0.1) is 0 Å². The van der Waals surface area contributed by atoms with Crippen molar-refractivity contribution in [1.82, 2.24) is 0 Å². The van der Waals surface area contributed by atoms with Gasteiger partial charge in [-0.2, -0.15) is 0 Å². The second kappa shape index (κ2) is 25.1. The molecule has 38 heavy (non-hydrogen) atoms. The van der Waals surface area contributed by atoms with Crippen molar-refractivity contribution in [3.8, 4) is 0 Å². The zero-order valence-electron chi connectivity index (χ0n) is 24.0. The van der Waals surface area contributed by atoms with Crippen LogP contribution >= 0.6 is 0 Å². The van der Waals surface area contributed by atoms with Crippen LogP contribution in [0.1, 0.15) is 130 Å². The molecule has 0 saturated heterocycles. The van der Waals surface area contributed by atoms with Crippen LogP contribution < -0.4 is 0 Å². The van der Waals surface area contributed by atoms with Gasteiger partial charge in [0.05, 0.1) is 13.2 Å². The third-order valence-electron chi connectivity index (χ3n) is 6.19. The van der Waals surface area contributed by atoms with Crippen molar-refractivity contribution in [3.05, 3.63) is 0 Å². The summed E-state index contributed by atoms with van der Waals surface area (Å²) in [4.78, 5) is 46.1. The van der Waals surface area contributed by atoms with Crippen LogP contribution in [-0.4, -0.2) is 61.0 Å². The largest absolute Gasteiger partial charge is 0.466 e. The lowest BCUT2D eigenvalue weighted by molar-refractivity contribution is -0.159. The molecule has 1 N–H and O–H groups in total. The van der Waals surface area contributed by atoms with E-state index in [4.69, 9.17) is 18.9 Å². The Morgan fingerprint density at radius 1 is 0.553 bits per heavy atom. The van der Waals surface area contributed by atoms with Crippen molar-refractivity contribution in [1.29, 1.82) is 0 Å². The fourth-order valence-electron chi connectivity index (χ4n) is 3.80. The molecule has 0 aliphatic carbocycles. The predicted octanol–water partition coefficient (Wildman–Crippen LogP) is 5.58. The van der Waals surface area contributed by atoms with Gasteiger partial charge in [-0.3, -0.25) is 19.2 Å². The Kier molecular flexibility index (Phi) is 23.7. The van der Waals surface area contributed by atoms with Crippen LogP contribution in [0.15, 0.2) is 0 Å². The maximum Gasteiger partial charge on any atom is 0.305 e. The number of hydrogen-bond acceptors (Lipinski definition) is 9. The molecule has 0 rings (SSSR count). The number of unbranched alkanes of at least 4 members (excludes halogenated alkanes) is 9. The number of aliphatic hydroxyl groups is 1. The maximum atomic E-state index is 11.9. The quantitative estimate of drug-likeness (QED) is 0.0890. The van der Waals surface area contributed by atoms with Crippen molar-refractivity contribution >= 4 is 23.9 Å². The summed E-state index contributed by atoms with van der Waals surface area (Å²) in [5, 5.41) is 9.26. The van der Waals surface area contributed by atoms with Gasteiger partial charge in [-0.1, -0.05) is 65.7 Å². The van der Waals surface area contributed by atoms with Crippen molar-refractivity contribution < 1.29 is 43.2 Å². The lowest BCUT2D eigenvalue weighted by atomic mass is 10.1. The molecule has 0 spiro atoms. The molecular weight excluding hydrogens is 492 g/mol. The van der Waals surface area contributed by atoms with Gasteiger partial charge in [0, 0.05) is 25.7 Å². The molecule has 9 heteroatoms. The summed E-state index contributed by atoms with van der Waals surface area (Å²) < 4.78 is 21.0. The number of carbonyl (C=O) groups is 4. The number of carbonyl (C=O) groups excluding carboxylic acids is 4. The Labute approximate surface area is 229 Å². The predicted molar refractivity (Wildman–Crippen MR) is 144 cm³/mol. The normalized spacial score (nSPS) is 12.4. The summed E-state index contributed by atoms with van der Waals surface area (Å²) in [6.45, 7) is 5.63. The van der Waals surface area contributed by atoms with Gasteiger partial charge < -0.3 is 24.1 Å². The van der Waals surface area contributed by atoms with E-state index in [9.17, 15) is 24.3 Å². The Morgan fingerprint density at radius 3 is 1.58 bits per heavy atom. The highest BCUT2D eigenvalue weighted by molar-refractivity contribution is 5.70. The number of ether oxygens (including phenoxy) is 4. The highest BCUT2D eigenvalue weighted by Gasteiger charge is 2.15. The molecule has 2 unspecified atom stereocenters. The second-order valence-electron chi connectivity index (χ2n) is 9.59. The summed E-state index contributed by atoms with van der Waals surface area (Å²) in [6, 6.07) is 0. The standard InChI is InChI=1S/C29H52O9/c1-4-26(31)36-23-25(38-28(33)6-3)19-15-10-7-8-13-17-21-35-29(34)20-16-12-9-11-14-18-24(22-30)37-27(32)5-2/h24-25,30H,4-23H2,1-3H3. The van der Waals surface area contributed by atoms with E-state index < -0.39 is 6.10 Å². The molecule has 222 valence electrons. The van der Waals surface area contributed by atoms with Gasteiger partial charge >= 0.3 is 23.9 Å². The van der Waals surface area contributed by atoms with E-state index in [2.05, 4.69) is 0 Å². The lowest BCUT2D eigenvalue weighted by Gasteiger charge is -2.17. The van der Waals surface area contributed by atoms with Crippen LogP contribution in [0.25, 0.3) is 0 Å². The molecule has 0 radical (unpaired) electrons. The molecule has 0 heterocycles. The summed E-state index contributed by atoms with van der Waals surface area (Å²) in [7, 11) is 0. The molecule has 2 atom stereocenters. The molecule has 0 saturated carbocycles. The second-order valence-corrected chi connectivity index (χ2v) is 9.59. The average molecular weight is 545 g/mol. The van der Waals surface area contributed by atoms with Gasteiger partial charge in [0.25, 0.3) is 0 Å². The molecule has 0 aromatic carbocycles. The van der Waals surface area contributed by atoms with Gasteiger partial charge in [-0.05, 0) is 38.5 Å². The van der Waals surface area contributed by atoms with Crippen LogP contribution in [0, 0.1) is 0 Å². The Morgan fingerprint density at radius 2 is 1.03 bits per heavy atom. The first-order chi connectivity index (χ1) is 18.4. The van der Waals surface area contributed by atoms with Gasteiger partial charge in [-0.25, -0.2) is 0 Å². The maximum absolute atomic E-state index is 11.9. The third-order valence-corrected chi connectivity index (χ3v) is 6.19. The Balaban J connectivity index is 3.67. The van der Waals surface area contributed by atoms with Crippen LogP contribution in [0.5, 0.6) is 0 Å². The molecule has 0 bridgehead atoms. The minimum atomic E-state index is -0.412. The highest BCUT2D eigenvalue weighted by atomic mass is 16.6. The monoisotopic (exact) mass is 544 g/mol. The average Bonchev–Trinajstić information content (AvgIpc) is 2.92. The van der Waals surface area contributed by atoms with E-state index in [0.717, 1.165) is 70.6 Å². The summed E-state index contributed by atoms with van der Waals surface area (Å²) >= 11 is 0. The molecule has 0 aliphatic rings. The summed E-state index contributed by atoms with van der Waals surface area (Å²) in [6.07, 6.45) is 12.4. The van der Waals surface area contributed by atoms with E-state index in [0.29, 0.717) is 45.1 Å². The van der Waals surface area contributed by atoms with Gasteiger partial charge in [0.2, 0.25) is 0 Å². The number of esters is 4. The first kappa shape index (κ1) is 35.8. The smallest absolute Gasteiger partial charge is 0.305 e. The molecule has 0 aromatic rings. The van der Waals surface area contributed by atoms with Gasteiger partial charge in [0.1, 0.15) is 18.8 Å². The first-order valence-corrected chi connectivity index (χ1v) is 14.7. The van der Waals surface area contributed by atoms with Crippen molar-refractivity contribution in [2.24, 2.45) is 0 Å². The molecule has 0 aromatic heterocycles. The molecular formula is C29H52O9. The fraction of sp³-hybridized carbons (Fsp3) is 0.862. The van der Waals surface area contributed by atoms with Crippen LogP contribution in [0.2, 0.25) is 0 Å².